The monoisotopic (exact) mass is 460 g/mol. The predicted octanol–water partition coefficient (Wildman–Crippen LogP) is 1.65. The van der Waals surface area contributed by atoms with Gasteiger partial charge in [0, 0.05) is 24.2 Å². The van der Waals surface area contributed by atoms with E-state index in [2.05, 4.69) is 4.72 Å². The first-order valence-corrected chi connectivity index (χ1v) is 11.8. The molecule has 0 saturated carbocycles. The Bertz CT molecular complexity index is 1130. The van der Waals surface area contributed by atoms with Gasteiger partial charge in [0.15, 0.2) is 18.1 Å². The van der Waals surface area contributed by atoms with E-state index in [1.165, 1.54) is 18.2 Å². The van der Waals surface area contributed by atoms with Gasteiger partial charge in [0.05, 0.1) is 18.1 Å². The van der Waals surface area contributed by atoms with Gasteiger partial charge in [-0.2, -0.15) is 4.72 Å². The van der Waals surface area contributed by atoms with Gasteiger partial charge in [0.25, 0.3) is 5.91 Å². The molecule has 0 fully saturated rings. The Hall–Kier alpha value is -3.11. The van der Waals surface area contributed by atoms with E-state index in [9.17, 15) is 18.0 Å². The Morgan fingerprint density at radius 1 is 1.12 bits per heavy atom. The van der Waals surface area contributed by atoms with Crippen LogP contribution < -0.4 is 19.1 Å². The standard InChI is InChI=1S/C22H24N2O7S/c1-15-11-16-5-2-3-6-18(16)24(15)21(25)14-31-22(26)13-23-32(27,28)17-7-8-19-20(12-17)30-10-4-9-29-19/h2-3,5-8,12,15,23H,4,9-11,13-14H2,1H3/t15-/m1/s1. The normalized spacial score (nSPS) is 17.4. The van der Waals surface area contributed by atoms with Gasteiger partial charge in [0.2, 0.25) is 10.0 Å². The second-order valence-corrected chi connectivity index (χ2v) is 9.36. The predicted molar refractivity (Wildman–Crippen MR) is 115 cm³/mol. The summed E-state index contributed by atoms with van der Waals surface area (Å²) in [6.45, 7) is 1.76. The van der Waals surface area contributed by atoms with Crippen LogP contribution in [0.5, 0.6) is 11.5 Å². The zero-order valence-corrected chi connectivity index (χ0v) is 18.4. The zero-order chi connectivity index (χ0) is 22.7. The van der Waals surface area contributed by atoms with Gasteiger partial charge < -0.3 is 19.1 Å². The molecule has 0 aliphatic carbocycles. The van der Waals surface area contributed by atoms with Gasteiger partial charge in [-0.25, -0.2) is 8.42 Å². The molecule has 1 N–H and O–H groups in total. The smallest absolute Gasteiger partial charge is 0.321 e. The number of hydrogen-bond donors (Lipinski definition) is 1. The highest BCUT2D eigenvalue weighted by Crippen LogP contribution is 2.32. The van der Waals surface area contributed by atoms with Crippen LogP contribution in [0.15, 0.2) is 47.4 Å². The number of rotatable bonds is 6. The van der Waals surface area contributed by atoms with Gasteiger partial charge in [-0.15, -0.1) is 0 Å². The lowest BCUT2D eigenvalue weighted by molar-refractivity contribution is -0.146. The summed E-state index contributed by atoms with van der Waals surface area (Å²) < 4.78 is 43.3. The molecular weight excluding hydrogens is 436 g/mol. The highest BCUT2D eigenvalue weighted by atomic mass is 32.2. The Morgan fingerprint density at radius 2 is 1.88 bits per heavy atom. The highest BCUT2D eigenvalue weighted by molar-refractivity contribution is 7.89. The molecule has 1 amide bonds. The number of amides is 1. The van der Waals surface area contributed by atoms with Crippen molar-refractivity contribution >= 4 is 27.6 Å². The first-order chi connectivity index (χ1) is 15.3. The number of benzene rings is 2. The maximum atomic E-state index is 12.6. The maximum absolute atomic E-state index is 12.6. The molecule has 2 aromatic carbocycles. The summed E-state index contributed by atoms with van der Waals surface area (Å²) in [5, 5.41) is 0. The number of carbonyl (C=O) groups excluding carboxylic acids is 2. The molecule has 2 heterocycles. The Morgan fingerprint density at radius 3 is 2.69 bits per heavy atom. The van der Waals surface area contributed by atoms with E-state index < -0.39 is 29.1 Å². The van der Waals surface area contributed by atoms with Crippen LogP contribution in [-0.2, 0) is 30.8 Å². The number of para-hydroxylation sites is 1. The summed E-state index contributed by atoms with van der Waals surface area (Å²) in [7, 11) is -3.99. The fourth-order valence-electron chi connectivity index (χ4n) is 3.76. The lowest BCUT2D eigenvalue weighted by atomic mass is 10.1. The van der Waals surface area contributed by atoms with Crippen LogP contribution in [0.1, 0.15) is 18.9 Å². The van der Waals surface area contributed by atoms with E-state index in [-0.39, 0.29) is 16.8 Å². The third-order valence-corrected chi connectivity index (χ3v) is 6.67. The number of nitrogens with one attached hydrogen (secondary N) is 1. The fourth-order valence-corrected chi connectivity index (χ4v) is 4.74. The van der Waals surface area contributed by atoms with Crippen molar-refractivity contribution in [1.29, 1.82) is 0 Å². The average molecular weight is 461 g/mol. The van der Waals surface area contributed by atoms with Gasteiger partial charge in [-0.05, 0) is 37.1 Å². The third-order valence-electron chi connectivity index (χ3n) is 5.27. The number of carbonyl (C=O) groups is 2. The first kappa shape index (κ1) is 22.1. The molecule has 0 saturated heterocycles. The van der Waals surface area contributed by atoms with Crippen molar-refractivity contribution in [3.8, 4) is 11.5 Å². The molecule has 10 heteroatoms. The average Bonchev–Trinajstić information content (AvgIpc) is 2.94. The number of anilines is 1. The minimum Gasteiger partial charge on any atom is -0.490 e. The third kappa shape index (κ3) is 4.71. The minimum atomic E-state index is -3.99. The van der Waals surface area contributed by atoms with Crippen molar-refractivity contribution in [2.24, 2.45) is 0 Å². The number of esters is 1. The number of fused-ring (bicyclic) bond motifs is 2. The summed E-state index contributed by atoms with van der Waals surface area (Å²) in [4.78, 5) is 26.2. The largest absolute Gasteiger partial charge is 0.490 e. The molecule has 9 nitrogen and oxygen atoms in total. The van der Waals surface area contributed by atoms with Crippen LogP contribution in [-0.4, -0.2) is 52.7 Å². The molecule has 4 rings (SSSR count). The molecule has 170 valence electrons. The van der Waals surface area contributed by atoms with E-state index in [0.717, 1.165) is 17.7 Å². The number of ether oxygens (including phenoxy) is 3. The molecular formula is C22H24N2O7S. The lowest BCUT2D eigenvalue weighted by Gasteiger charge is -2.22. The van der Waals surface area contributed by atoms with Crippen molar-refractivity contribution in [2.75, 3.05) is 31.3 Å². The topological polar surface area (TPSA) is 111 Å². The van der Waals surface area contributed by atoms with Gasteiger partial charge in [0.1, 0.15) is 6.54 Å². The molecule has 32 heavy (non-hydrogen) atoms. The van der Waals surface area contributed by atoms with Gasteiger partial charge >= 0.3 is 5.97 Å². The van der Waals surface area contributed by atoms with Crippen molar-refractivity contribution in [3.63, 3.8) is 0 Å². The maximum Gasteiger partial charge on any atom is 0.321 e. The second kappa shape index (κ2) is 9.17. The molecule has 0 bridgehead atoms. The molecule has 0 aromatic heterocycles. The number of sulfonamides is 1. The minimum absolute atomic E-state index is 0.0449. The Labute approximate surface area is 186 Å². The zero-order valence-electron chi connectivity index (χ0n) is 17.6. The van der Waals surface area contributed by atoms with E-state index in [4.69, 9.17) is 14.2 Å². The fraction of sp³-hybridized carbons (Fsp3) is 0.364. The molecule has 2 aliphatic rings. The summed E-state index contributed by atoms with van der Waals surface area (Å²) in [5.74, 6) is -0.409. The summed E-state index contributed by atoms with van der Waals surface area (Å²) >= 11 is 0. The molecule has 1 atom stereocenters. The highest BCUT2D eigenvalue weighted by Gasteiger charge is 2.31. The van der Waals surface area contributed by atoms with Crippen LogP contribution in [0, 0.1) is 0 Å². The van der Waals surface area contributed by atoms with Crippen LogP contribution in [0.3, 0.4) is 0 Å². The number of hydrogen-bond acceptors (Lipinski definition) is 7. The van der Waals surface area contributed by atoms with Crippen LogP contribution in [0.2, 0.25) is 0 Å². The van der Waals surface area contributed by atoms with E-state index >= 15 is 0 Å². The van der Waals surface area contributed by atoms with Crippen molar-refractivity contribution in [3.05, 3.63) is 48.0 Å². The number of nitrogens with zero attached hydrogens (tertiary/aromatic N) is 1. The molecule has 0 spiro atoms. The molecule has 2 aromatic rings. The van der Waals surface area contributed by atoms with Crippen molar-refractivity contribution < 1.29 is 32.2 Å². The summed E-state index contributed by atoms with van der Waals surface area (Å²) in [6.07, 6.45) is 1.42. The first-order valence-electron chi connectivity index (χ1n) is 10.3. The van der Waals surface area contributed by atoms with E-state index in [0.29, 0.717) is 31.1 Å². The molecule has 2 aliphatic heterocycles. The van der Waals surface area contributed by atoms with Crippen LogP contribution >= 0.6 is 0 Å². The lowest BCUT2D eigenvalue weighted by Crippen LogP contribution is -2.39. The van der Waals surface area contributed by atoms with E-state index in [1.54, 1.807) is 4.90 Å². The van der Waals surface area contributed by atoms with E-state index in [1.807, 2.05) is 31.2 Å². The Balaban J connectivity index is 1.32. The van der Waals surface area contributed by atoms with Crippen molar-refractivity contribution in [2.45, 2.75) is 30.7 Å². The van der Waals surface area contributed by atoms with Crippen LogP contribution in [0.25, 0.3) is 0 Å². The Kier molecular flexibility index (Phi) is 6.33. The SMILES string of the molecule is C[C@@H]1Cc2ccccc2N1C(=O)COC(=O)CNS(=O)(=O)c1ccc2c(c1)OCCCO2. The van der Waals surface area contributed by atoms with Crippen molar-refractivity contribution in [1.82, 2.24) is 4.72 Å². The summed E-state index contributed by atoms with van der Waals surface area (Å²) in [5.41, 5.74) is 1.86. The summed E-state index contributed by atoms with van der Waals surface area (Å²) in [6, 6.07) is 11.8. The second-order valence-electron chi connectivity index (χ2n) is 7.59. The molecule has 0 unspecified atom stereocenters. The van der Waals surface area contributed by atoms with Gasteiger partial charge in [-0.3, -0.25) is 9.59 Å². The van der Waals surface area contributed by atoms with Crippen LogP contribution in [0.4, 0.5) is 5.69 Å². The van der Waals surface area contributed by atoms with Gasteiger partial charge in [-0.1, -0.05) is 18.2 Å². The molecule has 0 radical (unpaired) electrons. The quantitative estimate of drug-likeness (QED) is 0.653.